The summed E-state index contributed by atoms with van der Waals surface area (Å²) in [5.41, 5.74) is 8.74. The number of hydrogen-bond acceptors (Lipinski definition) is 8. The van der Waals surface area contributed by atoms with Crippen molar-refractivity contribution in [3.05, 3.63) is 197 Å². The van der Waals surface area contributed by atoms with Gasteiger partial charge < -0.3 is 19.9 Å². The van der Waals surface area contributed by atoms with Gasteiger partial charge >= 0.3 is 0 Å². The zero-order valence-electron chi connectivity index (χ0n) is 35.7. The average molecular weight is 865 g/mol. The van der Waals surface area contributed by atoms with E-state index in [1.807, 2.05) is 97.9 Å². The fourth-order valence-corrected chi connectivity index (χ4v) is 9.54. The van der Waals surface area contributed by atoms with Crippen LogP contribution in [0.3, 0.4) is 0 Å². The van der Waals surface area contributed by atoms with Crippen LogP contribution >= 0.6 is 0 Å². The molecule has 0 bridgehead atoms. The molecule has 2 heterocycles. The van der Waals surface area contributed by atoms with Gasteiger partial charge in [-0.3, -0.25) is 14.6 Å². The van der Waals surface area contributed by atoms with Crippen LogP contribution in [0.2, 0.25) is 0 Å². The number of nitrogens with one attached hydrogen (secondary N) is 2. The number of piperazine rings is 1. The van der Waals surface area contributed by atoms with Gasteiger partial charge in [0.1, 0.15) is 6.04 Å². The van der Waals surface area contributed by atoms with Gasteiger partial charge in [-0.25, -0.2) is 8.42 Å². The minimum absolute atomic E-state index is 0.0123. The Morgan fingerprint density at radius 1 is 0.683 bits per heavy atom. The van der Waals surface area contributed by atoms with Crippen molar-refractivity contribution in [1.29, 1.82) is 0 Å². The molecular formula is C52H56N4O6S. The third-order valence-electron chi connectivity index (χ3n) is 11.9. The molecule has 0 aliphatic carbocycles. The minimum atomic E-state index is -3.97. The van der Waals surface area contributed by atoms with E-state index in [-0.39, 0.29) is 36.7 Å². The summed E-state index contributed by atoms with van der Waals surface area (Å²) in [4.78, 5) is 18.9. The second kappa shape index (κ2) is 20.8. The molecule has 4 atom stereocenters. The van der Waals surface area contributed by atoms with E-state index in [9.17, 15) is 18.3 Å². The number of aryl methyl sites for hydroxylation is 1. The van der Waals surface area contributed by atoms with Gasteiger partial charge in [-0.2, -0.15) is 4.72 Å². The van der Waals surface area contributed by atoms with Gasteiger partial charge in [-0.1, -0.05) is 139 Å². The van der Waals surface area contributed by atoms with Gasteiger partial charge in [-0.15, -0.1) is 0 Å². The second-order valence-corrected chi connectivity index (χ2v) is 18.3. The summed E-state index contributed by atoms with van der Waals surface area (Å²) < 4.78 is 43.1. The van der Waals surface area contributed by atoms with Crippen LogP contribution in [0.25, 0.3) is 11.1 Å². The van der Waals surface area contributed by atoms with Gasteiger partial charge in [0.15, 0.2) is 6.29 Å². The van der Waals surface area contributed by atoms with E-state index in [4.69, 9.17) is 9.47 Å². The molecule has 6 aromatic rings. The molecule has 10 nitrogen and oxygen atoms in total. The van der Waals surface area contributed by atoms with Crippen molar-refractivity contribution in [3.63, 3.8) is 0 Å². The lowest BCUT2D eigenvalue weighted by Crippen LogP contribution is -2.49. The van der Waals surface area contributed by atoms with Gasteiger partial charge in [-0.05, 0) is 76.6 Å². The first kappa shape index (κ1) is 44.1. The average Bonchev–Trinajstić information content (AvgIpc) is 3.32. The monoisotopic (exact) mass is 864 g/mol. The lowest BCUT2D eigenvalue weighted by atomic mass is 9.98. The number of carbonyl (C=O) groups is 1. The second-order valence-electron chi connectivity index (χ2n) is 16.6. The Hall–Kier alpha value is -5.50. The highest BCUT2D eigenvalue weighted by Crippen LogP contribution is 2.39. The maximum Gasteiger partial charge on any atom is 0.241 e. The fraction of sp³-hybridized carbons (Fsp3) is 0.288. The summed E-state index contributed by atoms with van der Waals surface area (Å²) in [6.07, 6.45) is 0.0555. The van der Waals surface area contributed by atoms with Crippen molar-refractivity contribution in [3.8, 4) is 11.1 Å². The van der Waals surface area contributed by atoms with Crippen molar-refractivity contribution in [2.24, 2.45) is 0 Å². The maximum atomic E-state index is 13.8. The molecule has 2 aliphatic heterocycles. The number of sulfonamides is 1. The molecular weight excluding hydrogens is 809 g/mol. The molecule has 2 aliphatic rings. The van der Waals surface area contributed by atoms with Crippen molar-refractivity contribution in [2.75, 3.05) is 32.7 Å². The SMILES string of the molecule is Cc1ccc(S(=O)(=O)N[C@H](Cc2ccccc2)C(=O)NCc2cccc(-c3cccc([C@H]4O[C@@H](CN5CCN(Cc6ccccc6)CC5)C[C@@H](c5ccc(CO)cc5)O4)c3)c2)cc1. The number of nitrogens with zero attached hydrogens (tertiary/aromatic N) is 2. The Labute approximate surface area is 371 Å². The van der Waals surface area contributed by atoms with Crippen molar-refractivity contribution in [2.45, 2.75) is 68.9 Å². The van der Waals surface area contributed by atoms with Crippen LogP contribution in [0.5, 0.6) is 0 Å². The highest BCUT2D eigenvalue weighted by molar-refractivity contribution is 7.89. The fourth-order valence-electron chi connectivity index (χ4n) is 8.34. The number of ether oxygens (including phenoxy) is 2. The molecule has 0 unspecified atom stereocenters. The summed E-state index contributed by atoms with van der Waals surface area (Å²) in [6, 6.07) is 49.8. The van der Waals surface area contributed by atoms with Crippen LogP contribution < -0.4 is 10.0 Å². The third-order valence-corrected chi connectivity index (χ3v) is 13.4. The van der Waals surface area contributed by atoms with E-state index in [1.54, 1.807) is 24.3 Å². The largest absolute Gasteiger partial charge is 0.392 e. The summed E-state index contributed by atoms with van der Waals surface area (Å²) in [7, 11) is -3.97. The number of rotatable bonds is 16. The number of carbonyl (C=O) groups excluding carboxylic acids is 1. The number of benzene rings is 6. The number of amides is 1. The van der Waals surface area contributed by atoms with Gasteiger partial charge in [0.05, 0.1) is 23.7 Å². The van der Waals surface area contributed by atoms with Crippen molar-refractivity contribution < 1.29 is 27.8 Å². The Balaban J connectivity index is 0.951. The molecule has 3 N–H and O–H groups in total. The van der Waals surface area contributed by atoms with Crippen LogP contribution in [0, 0.1) is 6.92 Å². The van der Waals surface area contributed by atoms with Crippen LogP contribution in [0.1, 0.15) is 57.8 Å². The first-order chi connectivity index (χ1) is 30.7. The minimum Gasteiger partial charge on any atom is -0.392 e. The van der Waals surface area contributed by atoms with Gasteiger partial charge in [0.25, 0.3) is 0 Å². The van der Waals surface area contributed by atoms with Gasteiger partial charge in [0.2, 0.25) is 15.9 Å². The molecule has 6 aromatic carbocycles. The highest BCUT2D eigenvalue weighted by atomic mass is 32.2. The standard InChI is InChI=1S/C52H56N4O6S/c1-38-18-24-48(25-19-38)63(59,60)54-49(31-39-10-4-2-5-11-39)51(58)53-34-42-14-8-15-44(30-42)45-16-9-17-46(32-45)52-61-47(33-50(62-52)43-22-20-41(37-57)21-23-43)36-56-28-26-55(27-29-56)35-40-12-6-3-7-13-40/h2-25,30,32,47,49-50,52,54,57H,26-29,31,33-37H2,1H3,(H,53,58)/t47-,49-,50+,52+/m1/s1. The topological polar surface area (TPSA) is 120 Å². The van der Waals surface area contributed by atoms with Crippen molar-refractivity contribution >= 4 is 15.9 Å². The molecule has 326 valence electrons. The lowest BCUT2D eigenvalue weighted by Gasteiger charge is -2.41. The van der Waals surface area contributed by atoms with Crippen LogP contribution in [0.4, 0.5) is 0 Å². The van der Waals surface area contributed by atoms with E-state index in [2.05, 4.69) is 62.3 Å². The smallest absolute Gasteiger partial charge is 0.241 e. The summed E-state index contributed by atoms with van der Waals surface area (Å²) in [6.45, 7) is 7.78. The van der Waals surface area contributed by atoms with E-state index < -0.39 is 28.3 Å². The summed E-state index contributed by atoms with van der Waals surface area (Å²) >= 11 is 0. The molecule has 11 heteroatoms. The zero-order chi connectivity index (χ0) is 43.6. The van der Waals surface area contributed by atoms with Crippen LogP contribution in [-0.2, 0) is 50.4 Å². The Kier molecular flexibility index (Phi) is 14.6. The Morgan fingerprint density at radius 3 is 2.02 bits per heavy atom. The molecule has 1 amide bonds. The summed E-state index contributed by atoms with van der Waals surface area (Å²) in [5, 5.41) is 12.7. The van der Waals surface area contributed by atoms with E-state index in [0.717, 1.165) is 83.8 Å². The number of aliphatic hydroxyl groups is 1. The van der Waals surface area contributed by atoms with Crippen LogP contribution in [-0.4, -0.2) is 74.1 Å². The van der Waals surface area contributed by atoms with Crippen molar-refractivity contribution in [1.82, 2.24) is 19.8 Å². The first-order valence-corrected chi connectivity index (χ1v) is 23.2. The molecule has 0 radical (unpaired) electrons. The van der Waals surface area contributed by atoms with Crippen LogP contribution in [0.15, 0.2) is 163 Å². The molecule has 0 aromatic heterocycles. The molecule has 0 spiro atoms. The number of hydrogen-bond donors (Lipinski definition) is 3. The predicted molar refractivity (Wildman–Crippen MR) is 246 cm³/mol. The van der Waals surface area contributed by atoms with Gasteiger partial charge in [0, 0.05) is 57.8 Å². The lowest BCUT2D eigenvalue weighted by molar-refractivity contribution is -0.253. The first-order valence-electron chi connectivity index (χ1n) is 21.8. The van der Waals surface area contributed by atoms with E-state index in [0.29, 0.717) is 6.42 Å². The molecule has 0 saturated carbocycles. The quantitative estimate of drug-likeness (QED) is 0.0906. The normalized spacial score (nSPS) is 19.0. The third kappa shape index (κ3) is 12.0. The molecule has 8 rings (SSSR count). The molecule has 2 saturated heterocycles. The maximum absolute atomic E-state index is 13.8. The Bertz CT molecular complexity index is 2510. The zero-order valence-corrected chi connectivity index (χ0v) is 36.5. The molecule has 63 heavy (non-hydrogen) atoms. The Morgan fingerprint density at radius 2 is 1.32 bits per heavy atom. The van der Waals surface area contributed by atoms with E-state index >= 15 is 0 Å². The molecule has 2 fully saturated rings. The highest BCUT2D eigenvalue weighted by Gasteiger charge is 2.34. The van der Waals surface area contributed by atoms with E-state index in [1.165, 1.54) is 5.56 Å². The number of aliphatic hydroxyl groups excluding tert-OH is 1. The summed E-state index contributed by atoms with van der Waals surface area (Å²) in [5.74, 6) is -0.419. The predicted octanol–water partition coefficient (Wildman–Crippen LogP) is 7.72.